The third-order valence-corrected chi connectivity index (χ3v) is 4.36. The molecule has 2 aliphatic rings. The Labute approximate surface area is 117 Å². The molecular formula is C15H29N3O. The molecule has 2 N–H and O–H groups in total. The molecule has 1 unspecified atom stereocenters. The monoisotopic (exact) mass is 267 g/mol. The molecule has 0 aliphatic carbocycles. The van der Waals surface area contributed by atoms with Crippen LogP contribution in [0.15, 0.2) is 0 Å². The molecule has 2 aliphatic heterocycles. The second kappa shape index (κ2) is 7.25. The van der Waals surface area contributed by atoms with Crippen LogP contribution in [0.25, 0.3) is 0 Å². The molecule has 3 atom stereocenters. The van der Waals surface area contributed by atoms with Crippen LogP contribution >= 0.6 is 0 Å². The maximum absolute atomic E-state index is 12.2. The molecule has 0 radical (unpaired) electrons. The molecule has 1 amide bonds. The number of carbonyl (C=O) groups excluding carboxylic acids is 1. The first-order valence-corrected chi connectivity index (χ1v) is 7.91. The van der Waals surface area contributed by atoms with Gasteiger partial charge in [-0.2, -0.15) is 0 Å². The number of hydrogen-bond donors (Lipinski definition) is 2. The summed E-state index contributed by atoms with van der Waals surface area (Å²) in [6.45, 7) is 8.68. The van der Waals surface area contributed by atoms with Crippen LogP contribution in [0, 0.1) is 5.92 Å². The maximum Gasteiger partial charge on any atom is 0.223 e. The van der Waals surface area contributed by atoms with Gasteiger partial charge in [-0.1, -0.05) is 6.42 Å². The van der Waals surface area contributed by atoms with Gasteiger partial charge in [0.25, 0.3) is 0 Å². The molecule has 2 fully saturated rings. The molecule has 0 aromatic heterocycles. The SMILES string of the molecule is CC(CN1CCCCC1)NC(=O)[C@H]1CCN[C@@H](C)C1. The number of nitrogens with zero attached hydrogens (tertiary/aromatic N) is 1. The van der Waals surface area contributed by atoms with Crippen molar-refractivity contribution < 1.29 is 4.79 Å². The fraction of sp³-hybridized carbons (Fsp3) is 0.933. The van der Waals surface area contributed by atoms with Gasteiger partial charge in [0.15, 0.2) is 0 Å². The number of amides is 1. The number of likely N-dealkylation sites (tertiary alicyclic amines) is 1. The fourth-order valence-electron chi connectivity index (χ4n) is 3.31. The Balaban J connectivity index is 1.71. The lowest BCUT2D eigenvalue weighted by Crippen LogP contribution is -2.48. The van der Waals surface area contributed by atoms with E-state index in [2.05, 4.69) is 29.4 Å². The molecule has 0 bridgehead atoms. The summed E-state index contributed by atoms with van der Waals surface area (Å²) in [5.74, 6) is 0.470. The highest BCUT2D eigenvalue weighted by atomic mass is 16.1. The highest BCUT2D eigenvalue weighted by Crippen LogP contribution is 2.16. The molecule has 4 heteroatoms. The quantitative estimate of drug-likeness (QED) is 0.808. The molecule has 0 spiro atoms. The molecule has 2 rings (SSSR count). The van der Waals surface area contributed by atoms with Gasteiger partial charge in [-0.3, -0.25) is 4.79 Å². The maximum atomic E-state index is 12.2. The zero-order valence-corrected chi connectivity index (χ0v) is 12.5. The van der Waals surface area contributed by atoms with Crippen molar-refractivity contribution in [3.05, 3.63) is 0 Å². The van der Waals surface area contributed by atoms with Crippen molar-refractivity contribution in [2.45, 2.75) is 58.0 Å². The first-order chi connectivity index (χ1) is 9.15. The van der Waals surface area contributed by atoms with Crippen LogP contribution in [0.1, 0.15) is 46.0 Å². The van der Waals surface area contributed by atoms with Crippen LogP contribution in [0.3, 0.4) is 0 Å². The van der Waals surface area contributed by atoms with E-state index in [1.807, 2.05) is 0 Å². The van der Waals surface area contributed by atoms with Gasteiger partial charge >= 0.3 is 0 Å². The van der Waals surface area contributed by atoms with Crippen molar-refractivity contribution in [2.24, 2.45) is 5.92 Å². The van der Waals surface area contributed by atoms with Crippen molar-refractivity contribution in [1.29, 1.82) is 0 Å². The highest BCUT2D eigenvalue weighted by Gasteiger charge is 2.25. The van der Waals surface area contributed by atoms with Gasteiger partial charge in [-0.15, -0.1) is 0 Å². The van der Waals surface area contributed by atoms with Gasteiger partial charge in [0, 0.05) is 24.5 Å². The molecule has 19 heavy (non-hydrogen) atoms. The summed E-state index contributed by atoms with van der Waals surface area (Å²) < 4.78 is 0. The average molecular weight is 267 g/mol. The third-order valence-electron chi connectivity index (χ3n) is 4.36. The van der Waals surface area contributed by atoms with E-state index in [0.717, 1.165) is 25.9 Å². The fourth-order valence-corrected chi connectivity index (χ4v) is 3.31. The second-order valence-electron chi connectivity index (χ2n) is 6.35. The zero-order chi connectivity index (χ0) is 13.7. The van der Waals surface area contributed by atoms with E-state index in [-0.39, 0.29) is 17.9 Å². The molecular weight excluding hydrogens is 238 g/mol. The van der Waals surface area contributed by atoms with Crippen molar-refractivity contribution in [3.8, 4) is 0 Å². The smallest absolute Gasteiger partial charge is 0.223 e. The van der Waals surface area contributed by atoms with Crippen LogP contribution < -0.4 is 10.6 Å². The zero-order valence-electron chi connectivity index (χ0n) is 12.5. The lowest BCUT2D eigenvalue weighted by molar-refractivity contribution is -0.126. The van der Waals surface area contributed by atoms with E-state index >= 15 is 0 Å². The standard InChI is InChI=1S/C15H29N3O/c1-12-10-14(6-7-16-12)15(19)17-13(2)11-18-8-4-3-5-9-18/h12-14,16H,3-11H2,1-2H3,(H,17,19)/t12-,13?,14-/m0/s1. The summed E-state index contributed by atoms with van der Waals surface area (Å²) in [4.78, 5) is 14.7. The Hall–Kier alpha value is -0.610. The van der Waals surface area contributed by atoms with E-state index in [0.29, 0.717) is 6.04 Å². The molecule has 2 heterocycles. The summed E-state index contributed by atoms with van der Waals surface area (Å²) in [6, 6.07) is 0.748. The summed E-state index contributed by atoms with van der Waals surface area (Å²) in [7, 11) is 0. The highest BCUT2D eigenvalue weighted by molar-refractivity contribution is 5.79. The van der Waals surface area contributed by atoms with Gasteiger partial charge in [-0.05, 0) is 59.2 Å². The summed E-state index contributed by atoms with van der Waals surface area (Å²) in [6.07, 6.45) is 5.94. The van der Waals surface area contributed by atoms with E-state index in [1.54, 1.807) is 0 Å². The van der Waals surface area contributed by atoms with Crippen molar-refractivity contribution in [1.82, 2.24) is 15.5 Å². The minimum atomic E-state index is 0.208. The van der Waals surface area contributed by atoms with Crippen molar-refractivity contribution in [3.63, 3.8) is 0 Å². The van der Waals surface area contributed by atoms with Gasteiger partial charge < -0.3 is 15.5 Å². The Morgan fingerprint density at radius 2 is 2.11 bits per heavy atom. The van der Waals surface area contributed by atoms with Crippen molar-refractivity contribution >= 4 is 5.91 Å². The largest absolute Gasteiger partial charge is 0.352 e. The molecule has 2 saturated heterocycles. The van der Waals surface area contributed by atoms with Crippen LogP contribution in [-0.4, -0.2) is 49.1 Å². The topological polar surface area (TPSA) is 44.4 Å². The minimum Gasteiger partial charge on any atom is -0.352 e. The van der Waals surface area contributed by atoms with E-state index < -0.39 is 0 Å². The van der Waals surface area contributed by atoms with Crippen LogP contribution in [0.4, 0.5) is 0 Å². The van der Waals surface area contributed by atoms with Crippen LogP contribution in [-0.2, 0) is 4.79 Å². The van der Waals surface area contributed by atoms with Crippen LogP contribution in [0.5, 0.6) is 0 Å². The Morgan fingerprint density at radius 1 is 1.37 bits per heavy atom. The first-order valence-electron chi connectivity index (χ1n) is 7.91. The Morgan fingerprint density at radius 3 is 2.79 bits per heavy atom. The second-order valence-corrected chi connectivity index (χ2v) is 6.35. The lowest BCUT2D eigenvalue weighted by Gasteiger charge is -2.31. The number of piperidine rings is 2. The van der Waals surface area contributed by atoms with E-state index in [9.17, 15) is 4.79 Å². The van der Waals surface area contributed by atoms with Crippen molar-refractivity contribution in [2.75, 3.05) is 26.2 Å². The molecule has 0 aromatic carbocycles. The average Bonchev–Trinajstić information content (AvgIpc) is 2.39. The summed E-state index contributed by atoms with van der Waals surface area (Å²) in [5.41, 5.74) is 0. The first kappa shape index (κ1) is 14.8. The Bertz CT molecular complexity index is 289. The van der Waals surface area contributed by atoms with E-state index in [4.69, 9.17) is 0 Å². The van der Waals surface area contributed by atoms with Gasteiger partial charge in [0.2, 0.25) is 5.91 Å². The third kappa shape index (κ3) is 4.77. The molecule has 0 saturated carbocycles. The van der Waals surface area contributed by atoms with E-state index in [1.165, 1.54) is 32.4 Å². The van der Waals surface area contributed by atoms with Gasteiger partial charge in [-0.25, -0.2) is 0 Å². The predicted molar refractivity (Wildman–Crippen MR) is 78.1 cm³/mol. The van der Waals surface area contributed by atoms with Gasteiger partial charge in [0.05, 0.1) is 0 Å². The number of nitrogens with one attached hydrogen (secondary N) is 2. The van der Waals surface area contributed by atoms with Gasteiger partial charge in [0.1, 0.15) is 0 Å². The number of hydrogen-bond acceptors (Lipinski definition) is 3. The normalized spacial score (nSPS) is 30.8. The molecule has 4 nitrogen and oxygen atoms in total. The summed E-state index contributed by atoms with van der Waals surface area (Å²) in [5, 5.41) is 6.61. The summed E-state index contributed by atoms with van der Waals surface area (Å²) >= 11 is 0. The minimum absolute atomic E-state index is 0.208. The lowest BCUT2D eigenvalue weighted by atomic mass is 9.92. The number of carbonyl (C=O) groups is 1. The Kier molecular flexibility index (Phi) is 5.64. The predicted octanol–water partition coefficient (Wildman–Crippen LogP) is 1.37. The molecule has 110 valence electrons. The van der Waals surface area contributed by atoms with Crippen LogP contribution in [0.2, 0.25) is 0 Å². The molecule has 0 aromatic rings. The number of rotatable bonds is 4.